The van der Waals surface area contributed by atoms with Crippen LogP contribution in [0.25, 0.3) is 10.9 Å². The minimum absolute atomic E-state index is 0.205. The van der Waals surface area contributed by atoms with Crippen LogP contribution in [-0.4, -0.2) is 41.1 Å². The van der Waals surface area contributed by atoms with Crippen molar-refractivity contribution in [1.82, 2.24) is 15.8 Å². The lowest BCUT2D eigenvalue weighted by Crippen LogP contribution is -2.42. The summed E-state index contributed by atoms with van der Waals surface area (Å²) in [6.45, 7) is 0. The van der Waals surface area contributed by atoms with Gasteiger partial charge in [-0.1, -0.05) is 31.0 Å². The SMILES string of the molecule is COC(=O)[C@H](Cc1c[nH]c2ccccc12)NC(=O)CCCCCCC(=O)NO. The Kier molecular flexibility index (Phi) is 8.48. The molecule has 8 nitrogen and oxygen atoms in total. The highest BCUT2D eigenvalue weighted by atomic mass is 16.5. The standard InChI is InChI=1S/C20H27N3O5/c1-28-20(26)17(12-14-13-21-16-9-7-6-8-15(14)16)22-18(24)10-4-2-3-5-11-19(25)23-27/h6-9,13,17,21,27H,2-5,10-12H2,1H3,(H,22,24)(H,23,25)/t17-/m0/s1. The Morgan fingerprint density at radius 1 is 1.07 bits per heavy atom. The second kappa shape index (κ2) is 11.1. The summed E-state index contributed by atoms with van der Waals surface area (Å²) in [4.78, 5) is 38.4. The van der Waals surface area contributed by atoms with Gasteiger partial charge in [0.15, 0.2) is 0 Å². The van der Waals surface area contributed by atoms with Gasteiger partial charge in [-0.25, -0.2) is 10.3 Å². The van der Waals surface area contributed by atoms with E-state index >= 15 is 0 Å². The third-order valence-corrected chi connectivity index (χ3v) is 4.60. The number of aromatic nitrogens is 1. The fraction of sp³-hybridized carbons (Fsp3) is 0.450. The molecule has 0 radical (unpaired) electrons. The van der Waals surface area contributed by atoms with Gasteiger partial charge in [0.1, 0.15) is 6.04 Å². The molecule has 0 saturated heterocycles. The second-order valence-electron chi connectivity index (χ2n) is 6.66. The molecular formula is C20H27N3O5. The van der Waals surface area contributed by atoms with Crippen LogP contribution in [-0.2, 0) is 25.5 Å². The summed E-state index contributed by atoms with van der Waals surface area (Å²) in [6.07, 6.45) is 5.64. The third-order valence-electron chi connectivity index (χ3n) is 4.60. The van der Waals surface area contributed by atoms with Crippen molar-refractivity contribution in [2.45, 2.75) is 51.0 Å². The van der Waals surface area contributed by atoms with Gasteiger partial charge < -0.3 is 15.0 Å². The summed E-state index contributed by atoms with van der Waals surface area (Å²) in [7, 11) is 1.30. The van der Waals surface area contributed by atoms with Crippen LogP contribution in [0.5, 0.6) is 0 Å². The number of hydrogen-bond donors (Lipinski definition) is 4. The number of hydrogen-bond acceptors (Lipinski definition) is 5. The first-order valence-electron chi connectivity index (χ1n) is 9.40. The summed E-state index contributed by atoms with van der Waals surface area (Å²) in [6, 6.07) is 7.03. The highest BCUT2D eigenvalue weighted by Crippen LogP contribution is 2.19. The number of para-hydroxylation sites is 1. The van der Waals surface area contributed by atoms with E-state index in [-0.39, 0.29) is 12.3 Å². The minimum Gasteiger partial charge on any atom is -0.467 e. The lowest BCUT2D eigenvalue weighted by atomic mass is 10.0. The fourth-order valence-corrected chi connectivity index (χ4v) is 3.10. The third kappa shape index (κ3) is 6.38. The number of carbonyl (C=O) groups is 3. The predicted molar refractivity (Wildman–Crippen MR) is 104 cm³/mol. The van der Waals surface area contributed by atoms with Gasteiger partial charge in [0, 0.05) is 36.4 Å². The normalized spacial score (nSPS) is 11.8. The largest absolute Gasteiger partial charge is 0.467 e. The fourth-order valence-electron chi connectivity index (χ4n) is 3.10. The van der Waals surface area contributed by atoms with Gasteiger partial charge in [-0.2, -0.15) is 0 Å². The minimum atomic E-state index is -0.745. The Bertz CT molecular complexity index is 802. The van der Waals surface area contributed by atoms with E-state index < -0.39 is 17.9 Å². The molecule has 0 bridgehead atoms. The molecule has 0 spiro atoms. The van der Waals surface area contributed by atoms with Gasteiger partial charge in [0.2, 0.25) is 11.8 Å². The molecule has 2 amide bonds. The molecule has 0 unspecified atom stereocenters. The average Bonchev–Trinajstić information content (AvgIpc) is 3.12. The molecular weight excluding hydrogens is 362 g/mol. The van der Waals surface area contributed by atoms with E-state index in [4.69, 9.17) is 9.94 Å². The Morgan fingerprint density at radius 2 is 1.75 bits per heavy atom. The average molecular weight is 389 g/mol. The van der Waals surface area contributed by atoms with Crippen molar-refractivity contribution < 1.29 is 24.3 Å². The van der Waals surface area contributed by atoms with Crippen LogP contribution in [0.3, 0.4) is 0 Å². The van der Waals surface area contributed by atoms with Gasteiger partial charge >= 0.3 is 5.97 Å². The number of methoxy groups -OCH3 is 1. The Labute approximate surface area is 163 Å². The number of H-pyrrole nitrogens is 1. The van der Waals surface area contributed by atoms with Crippen molar-refractivity contribution in [1.29, 1.82) is 0 Å². The Morgan fingerprint density at radius 3 is 2.43 bits per heavy atom. The number of hydroxylamine groups is 1. The van der Waals surface area contributed by atoms with Gasteiger partial charge in [-0.05, 0) is 24.5 Å². The van der Waals surface area contributed by atoms with E-state index in [1.165, 1.54) is 7.11 Å². The van der Waals surface area contributed by atoms with E-state index in [1.807, 2.05) is 30.5 Å². The van der Waals surface area contributed by atoms with Crippen LogP contribution < -0.4 is 10.8 Å². The maximum absolute atomic E-state index is 12.2. The van der Waals surface area contributed by atoms with Gasteiger partial charge in [0.25, 0.3) is 0 Å². The summed E-state index contributed by atoms with van der Waals surface area (Å²) in [5, 5.41) is 12.2. The van der Waals surface area contributed by atoms with Crippen LogP contribution in [0.2, 0.25) is 0 Å². The molecule has 152 valence electrons. The molecule has 2 rings (SSSR count). The summed E-state index contributed by atoms with van der Waals surface area (Å²) >= 11 is 0. The lowest BCUT2D eigenvalue weighted by molar-refractivity contribution is -0.145. The summed E-state index contributed by atoms with van der Waals surface area (Å²) in [5.41, 5.74) is 3.50. The van der Waals surface area contributed by atoms with Crippen LogP contribution >= 0.6 is 0 Å². The zero-order valence-electron chi connectivity index (χ0n) is 16.0. The number of nitrogens with one attached hydrogen (secondary N) is 3. The van der Waals surface area contributed by atoms with E-state index in [0.717, 1.165) is 29.3 Å². The van der Waals surface area contributed by atoms with Crippen LogP contribution in [0.15, 0.2) is 30.5 Å². The molecule has 0 aliphatic carbocycles. The molecule has 1 heterocycles. The van der Waals surface area contributed by atoms with Crippen molar-refractivity contribution in [2.75, 3.05) is 7.11 Å². The van der Waals surface area contributed by atoms with Crippen molar-refractivity contribution in [3.05, 3.63) is 36.0 Å². The predicted octanol–water partition coefficient (Wildman–Crippen LogP) is 2.21. The van der Waals surface area contributed by atoms with Gasteiger partial charge in [-0.15, -0.1) is 0 Å². The number of ether oxygens (including phenoxy) is 1. The second-order valence-corrected chi connectivity index (χ2v) is 6.66. The first-order valence-corrected chi connectivity index (χ1v) is 9.40. The number of esters is 1. The van der Waals surface area contributed by atoms with Gasteiger partial charge in [0.05, 0.1) is 7.11 Å². The molecule has 0 aliphatic heterocycles. The Balaban J connectivity index is 1.82. The monoisotopic (exact) mass is 389 g/mol. The van der Waals surface area contributed by atoms with E-state index in [2.05, 4.69) is 10.3 Å². The quantitative estimate of drug-likeness (QED) is 0.203. The zero-order valence-corrected chi connectivity index (χ0v) is 16.0. The van der Waals surface area contributed by atoms with E-state index in [1.54, 1.807) is 5.48 Å². The zero-order chi connectivity index (χ0) is 20.4. The number of rotatable bonds is 11. The molecule has 8 heteroatoms. The molecule has 1 atom stereocenters. The van der Waals surface area contributed by atoms with Gasteiger partial charge in [-0.3, -0.25) is 14.8 Å². The number of carbonyl (C=O) groups excluding carboxylic acids is 3. The summed E-state index contributed by atoms with van der Waals surface area (Å²) in [5.74, 6) is -1.09. The number of amides is 2. The van der Waals surface area contributed by atoms with Crippen LogP contribution in [0.4, 0.5) is 0 Å². The number of fused-ring (bicyclic) bond motifs is 1. The van der Waals surface area contributed by atoms with Crippen LogP contribution in [0.1, 0.15) is 44.1 Å². The molecule has 1 aromatic carbocycles. The molecule has 4 N–H and O–H groups in total. The highest BCUT2D eigenvalue weighted by molar-refractivity contribution is 5.87. The smallest absolute Gasteiger partial charge is 0.328 e. The molecule has 1 aromatic heterocycles. The highest BCUT2D eigenvalue weighted by Gasteiger charge is 2.23. The number of unbranched alkanes of at least 4 members (excludes halogenated alkanes) is 3. The first-order chi connectivity index (χ1) is 13.5. The number of benzene rings is 1. The van der Waals surface area contributed by atoms with Crippen molar-refractivity contribution in [3.8, 4) is 0 Å². The maximum Gasteiger partial charge on any atom is 0.328 e. The summed E-state index contributed by atoms with van der Waals surface area (Å²) < 4.78 is 4.84. The maximum atomic E-state index is 12.2. The van der Waals surface area contributed by atoms with Crippen LogP contribution in [0, 0.1) is 0 Å². The van der Waals surface area contributed by atoms with Crippen molar-refractivity contribution in [2.24, 2.45) is 0 Å². The molecule has 28 heavy (non-hydrogen) atoms. The molecule has 2 aromatic rings. The van der Waals surface area contributed by atoms with E-state index in [9.17, 15) is 14.4 Å². The van der Waals surface area contributed by atoms with E-state index in [0.29, 0.717) is 25.7 Å². The molecule has 0 saturated carbocycles. The Hall–Kier alpha value is -2.87. The molecule has 0 aliphatic rings. The first kappa shape index (κ1) is 21.4. The lowest BCUT2D eigenvalue weighted by Gasteiger charge is -2.16. The van der Waals surface area contributed by atoms with Crippen molar-refractivity contribution >= 4 is 28.7 Å². The number of aromatic amines is 1. The topological polar surface area (TPSA) is 121 Å². The molecule has 0 fully saturated rings. The van der Waals surface area contributed by atoms with Crippen molar-refractivity contribution in [3.63, 3.8) is 0 Å².